The van der Waals surface area contributed by atoms with Gasteiger partial charge in [0.2, 0.25) is 10.0 Å². The standard InChI is InChI=1S/C11H24N2O3S/c1-11(4-7-16-8-5-11)10-13-17(14,15)9-3-6-12-2/h12-13H,3-10H2,1-2H3. The molecule has 1 fully saturated rings. The number of ether oxygens (including phenoxy) is 1. The van der Waals surface area contributed by atoms with Crippen molar-refractivity contribution in [1.82, 2.24) is 10.0 Å². The Kier molecular flexibility index (Phi) is 5.85. The van der Waals surface area contributed by atoms with Crippen molar-refractivity contribution < 1.29 is 13.2 Å². The van der Waals surface area contributed by atoms with E-state index in [0.29, 0.717) is 13.0 Å². The van der Waals surface area contributed by atoms with Crippen LogP contribution in [-0.2, 0) is 14.8 Å². The maximum Gasteiger partial charge on any atom is 0.211 e. The van der Waals surface area contributed by atoms with Gasteiger partial charge < -0.3 is 10.1 Å². The molecule has 0 saturated carbocycles. The Morgan fingerprint density at radius 3 is 2.53 bits per heavy atom. The van der Waals surface area contributed by atoms with Gasteiger partial charge in [0, 0.05) is 19.8 Å². The van der Waals surface area contributed by atoms with Crippen LogP contribution in [0.4, 0.5) is 0 Å². The first-order valence-electron chi connectivity index (χ1n) is 6.17. The van der Waals surface area contributed by atoms with Gasteiger partial charge in [-0.1, -0.05) is 6.92 Å². The van der Waals surface area contributed by atoms with E-state index < -0.39 is 10.0 Å². The minimum Gasteiger partial charge on any atom is -0.381 e. The molecule has 1 aliphatic heterocycles. The molecular formula is C11H24N2O3S. The monoisotopic (exact) mass is 264 g/mol. The van der Waals surface area contributed by atoms with Gasteiger partial charge in [-0.2, -0.15) is 0 Å². The van der Waals surface area contributed by atoms with E-state index in [9.17, 15) is 8.42 Å². The summed E-state index contributed by atoms with van der Waals surface area (Å²) in [6, 6.07) is 0. The molecule has 0 spiro atoms. The fourth-order valence-corrected chi connectivity index (χ4v) is 3.07. The van der Waals surface area contributed by atoms with Gasteiger partial charge in [-0.3, -0.25) is 0 Å². The van der Waals surface area contributed by atoms with E-state index in [2.05, 4.69) is 17.0 Å². The summed E-state index contributed by atoms with van der Waals surface area (Å²) in [6.45, 7) is 4.84. The van der Waals surface area contributed by atoms with Gasteiger partial charge >= 0.3 is 0 Å². The first-order chi connectivity index (χ1) is 7.97. The lowest BCUT2D eigenvalue weighted by atomic mass is 9.83. The third kappa shape index (κ3) is 5.81. The van der Waals surface area contributed by atoms with Crippen LogP contribution in [0.3, 0.4) is 0 Å². The van der Waals surface area contributed by atoms with Crippen LogP contribution in [0.15, 0.2) is 0 Å². The van der Waals surface area contributed by atoms with Gasteiger partial charge in [-0.25, -0.2) is 13.1 Å². The van der Waals surface area contributed by atoms with Crippen LogP contribution in [0, 0.1) is 5.41 Å². The first-order valence-corrected chi connectivity index (χ1v) is 7.82. The second-order valence-electron chi connectivity index (χ2n) is 5.02. The van der Waals surface area contributed by atoms with Gasteiger partial charge in [0.15, 0.2) is 0 Å². The summed E-state index contributed by atoms with van der Waals surface area (Å²) in [4.78, 5) is 0. The summed E-state index contributed by atoms with van der Waals surface area (Å²) in [6.07, 6.45) is 2.49. The predicted octanol–water partition coefficient (Wildman–Crippen LogP) is 0.332. The molecule has 2 N–H and O–H groups in total. The third-order valence-corrected chi connectivity index (χ3v) is 4.67. The van der Waals surface area contributed by atoms with Crippen LogP contribution in [-0.4, -0.2) is 47.5 Å². The van der Waals surface area contributed by atoms with Crippen molar-refractivity contribution in [3.05, 3.63) is 0 Å². The molecule has 1 rings (SSSR count). The van der Waals surface area contributed by atoms with Crippen LogP contribution in [0.1, 0.15) is 26.2 Å². The SMILES string of the molecule is CNCCCS(=O)(=O)NCC1(C)CCOCC1. The van der Waals surface area contributed by atoms with Crippen LogP contribution in [0.25, 0.3) is 0 Å². The van der Waals surface area contributed by atoms with Gasteiger partial charge in [0.25, 0.3) is 0 Å². The van der Waals surface area contributed by atoms with Gasteiger partial charge in [0.1, 0.15) is 0 Å². The number of hydrogen-bond acceptors (Lipinski definition) is 4. The van der Waals surface area contributed by atoms with Crippen molar-refractivity contribution in [3.63, 3.8) is 0 Å². The largest absolute Gasteiger partial charge is 0.381 e. The number of hydrogen-bond donors (Lipinski definition) is 2. The predicted molar refractivity (Wildman–Crippen MR) is 68.5 cm³/mol. The molecule has 0 aliphatic carbocycles. The van der Waals surface area contributed by atoms with Crippen LogP contribution < -0.4 is 10.0 Å². The van der Waals surface area contributed by atoms with Gasteiger partial charge in [-0.05, 0) is 38.3 Å². The van der Waals surface area contributed by atoms with E-state index in [0.717, 1.165) is 32.6 Å². The summed E-state index contributed by atoms with van der Waals surface area (Å²) >= 11 is 0. The summed E-state index contributed by atoms with van der Waals surface area (Å²) in [5.41, 5.74) is 0.0499. The maximum atomic E-state index is 11.7. The average molecular weight is 264 g/mol. The van der Waals surface area contributed by atoms with Gasteiger partial charge in [0.05, 0.1) is 5.75 Å². The lowest BCUT2D eigenvalue weighted by Crippen LogP contribution is -2.40. The van der Waals surface area contributed by atoms with E-state index in [1.165, 1.54) is 0 Å². The molecule has 6 heteroatoms. The highest BCUT2D eigenvalue weighted by atomic mass is 32.2. The zero-order valence-electron chi connectivity index (χ0n) is 10.8. The Hall–Kier alpha value is -0.170. The third-order valence-electron chi connectivity index (χ3n) is 3.26. The number of rotatable bonds is 7. The van der Waals surface area contributed by atoms with E-state index in [-0.39, 0.29) is 11.2 Å². The molecule has 1 heterocycles. The average Bonchev–Trinajstić information content (AvgIpc) is 2.28. The van der Waals surface area contributed by atoms with E-state index >= 15 is 0 Å². The van der Waals surface area contributed by atoms with Gasteiger partial charge in [-0.15, -0.1) is 0 Å². The van der Waals surface area contributed by atoms with Crippen molar-refractivity contribution in [1.29, 1.82) is 0 Å². The number of nitrogens with one attached hydrogen (secondary N) is 2. The summed E-state index contributed by atoms with van der Waals surface area (Å²) in [7, 11) is -1.30. The Morgan fingerprint density at radius 1 is 1.29 bits per heavy atom. The normalized spacial score (nSPS) is 20.4. The van der Waals surface area contributed by atoms with Crippen molar-refractivity contribution in [2.45, 2.75) is 26.2 Å². The minimum atomic E-state index is -3.12. The van der Waals surface area contributed by atoms with E-state index in [1.807, 2.05) is 7.05 Å². The Balaban J connectivity index is 2.32. The molecular weight excluding hydrogens is 240 g/mol. The molecule has 0 aromatic rings. The Labute approximate surface area is 104 Å². The zero-order valence-corrected chi connectivity index (χ0v) is 11.6. The maximum absolute atomic E-state index is 11.7. The summed E-state index contributed by atoms with van der Waals surface area (Å²) in [5.74, 6) is 0.195. The molecule has 5 nitrogen and oxygen atoms in total. The van der Waals surface area contributed by atoms with Crippen molar-refractivity contribution in [2.24, 2.45) is 5.41 Å². The Morgan fingerprint density at radius 2 is 1.94 bits per heavy atom. The van der Waals surface area contributed by atoms with Crippen LogP contribution in [0.2, 0.25) is 0 Å². The lowest BCUT2D eigenvalue weighted by molar-refractivity contribution is 0.0265. The molecule has 102 valence electrons. The molecule has 0 bridgehead atoms. The van der Waals surface area contributed by atoms with Crippen molar-refractivity contribution >= 4 is 10.0 Å². The molecule has 0 unspecified atom stereocenters. The highest BCUT2D eigenvalue weighted by Gasteiger charge is 2.28. The molecule has 17 heavy (non-hydrogen) atoms. The van der Waals surface area contributed by atoms with Crippen molar-refractivity contribution in [3.8, 4) is 0 Å². The molecule has 0 aromatic carbocycles. The summed E-state index contributed by atoms with van der Waals surface area (Å²) in [5, 5.41) is 2.94. The summed E-state index contributed by atoms with van der Waals surface area (Å²) < 4.78 is 31.4. The second kappa shape index (κ2) is 6.68. The van der Waals surface area contributed by atoms with Crippen LogP contribution >= 0.6 is 0 Å². The number of sulfonamides is 1. The molecule has 0 aromatic heterocycles. The van der Waals surface area contributed by atoms with Crippen molar-refractivity contribution in [2.75, 3.05) is 39.1 Å². The first kappa shape index (κ1) is 14.9. The fraction of sp³-hybridized carbons (Fsp3) is 1.00. The molecule has 0 radical (unpaired) electrons. The fourth-order valence-electron chi connectivity index (χ4n) is 1.84. The van der Waals surface area contributed by atoms with Crippen LogP contribution in [0.5, 0.6) is 0 Å². The Bertz CT molecular complexity index is 311. The molecule has 1 saturated heterocycles. The highest BCUT2D eigenvalue weighted by molar-refractivity contribution is 7.89. The second-order valence-corrected chi connectivity index (χ2v) is 6.95. The minimum absolute atomic E-state index is 0.0499. The lowest BCUT2D eigenvalue weighted by Gasteiger charge is -2.33. The zero-order chi connectivity index (χ0) is 12.8. The van der Waals surface area contributed by atoms with E-state index in [1.54, 1.807) is 0 Å². The topological polar surface area (TPSA) is 67.4 Å². The van der Waals surface area contributed by atoms with E-state index in [4.69, 9.17) is 4.74 Å². The molecule has 0 amide bonds. The molecule has 1 aliphatic rings. The quantitative estimate of drug-likeness (QED) is 0.650. The molecule has 0 atom stereocenters. The highest BCUT2D eigenvalue weighted by Crippen LogP contribution is 2.28. The smallest absolute Gasteiger partial charge is 0.211 e.